The highest BCUT2D eigenvalue weighted by molar-refractivity contribution is 6.32. The minimum atomic E-state index is -0.524. The minimum absolute atomic E-state index is 0.185. The highest BCUT2D eigenvalue weighted by atomic mass is 35.5. The molecule has 0 spiro atoms. The second-order valence-corrected chi connectivity index (χ2v) is 4.66. The van der Waals surface area contributed by atoms with Gasteiger partial charge in [-0.1, -0.05) is 6.07 Å². The number of amides is 1. The molecule has 0 aliphatic rings. The number of nitrogens with zero attached hydrogens (tertiary/aromatic N) is 1. The van der Waals surface area contributed by atoms with Crippen LogP contribution in [0.5, 0.6) is 0 Å². The SMILES string of the molecule is Cc1ccc(NC(=O)C(C)Cl)cc1N(C)C. The standard InChI is InChI=1S/C12H17ClN2O/c1-8-5-6-10(7-11(8)15(3)4)14-12(16)9(2)13/h5-7,9H,1-4H3,(H,14,16). The first-order valence-corrected chi connectivity index (χ1v) is 5.58. The molecule has 0 radical (unpaired) electrons. The van der Waals surface area contributed by atoms with Crippen LogP contribution in [0.15, 0.2) is 18.2 Å². The molecule has 1 amide bonds. The van der Waals surface area contributed by atoms with Gasteiger partial charge in [-0.2, -0.15) is 0 Å². The average molecular weight is 241 g/mol. The van der Waals surface area contributed by atoms with E-state index < -0.39 is 5.38 Å². The maximum atomic E-state index is 11.4. The summed E-state index contributed by atoms with van der Waals surface area (Å²) in [5.74, 6) is -0.185. The third-order valence-electron chi connectivity index (χ3n) is 2.32. The van der Waals surface area contributed by atoms with E-state index in [1.54, 1.807) is 6.92 Å². The lowest BCUT2D eigenvalue weighted by molar-refractivity contribution is -0.115. The van der Waals surface area contributed by atoms with Gasteiger partial charge in [0.1, 0.15) is 5.38 Å². The van der Waals surface area contributed by atoms with Crippen molar-refractivity contribution in [3.8, 4) is 0 Å². The van der Waals surface area contributed by atoms with Gasteiger partial charge in [-0.25, -0.2) is 0 Å². The molecule has 1 N–H and O–H groups in total. The Morgan fingerprint density at radius 3 is 2.56 bits per heavy atom. The van der Waals surface area contributed by atoms with Crippen LogP contribution in [0.2, 0.25) is 0 Å². The topological polar surface area (TPSA) is 32.3 Å². The predicted octanol–water partition coefficient (Wildman–Crippen LogP) is 2.63. The largest absolute Gasteiger partial charge is 0.377 e. The molecule has 0 heterocycles. The van der Waals surface area contributed by atoms with E-state index >= 15 is 0 Å². The minimum Gasteiger partial charge on any atom is -0.377 e. The van der Waals surface area contributed by atoms with Crippen LogP contribution < -0.4 is 10.2 Å². The maximum Gasteiger partial charge on any atom is 0.242 e. The van der Waals surface area contributed by atoms with Crippen LogP contribution in [-0.2, 0) is 4.79 Å². The quantitative estimate of drug-likeness (QED) is 0.824. The van der Waals surface area contributed by atoms with Crippen molar-refractivity contribution in [3.05, 3.63) is 23.8 Å². The van der Waals surface area contributed by atoms with Crippen molar-refractivity contribution < 1.29 is 4.79 Å². The van der Waals surface area contributed by atoms with E-state index in [1.807, 2.05) is 44.1 Å². The highest BCUT2D eigenvalue weighted by Crippen LogP contribution is 2.22. The van der Waals surface area contributed by atoms with Gasteiger partial charge in [-0.15, -0.1) is 11.6 Å². The predicted molar refractivity (Wildman–Crippen MR) is 69.5 cm³/mol. The van der Waals surface area contributed by atoms with E-state index in [0.717, 1.165) is 11.4 Å². The smallest absolute Gasteiger partial charge is 0.242 e. The van der Waals surface area contributed by atoms with Gasteiger partial charge in [0.2, 0.25) is 5.91 Å². The molecule has 0 aliphatic heterocycles. The third kappa shape index (κ3) is 3.14. The number of alkyl halides is 1. The van der Waals surface area contributed by atoms with Crippen molar-refractivity contribution in [2.45, 2.75) is 19.2 Å². The average Bonchev–Trinajstić information content (AvgIpc) is 2.20. The molecule has 1 aromatic rings. The molecule has 1 atom stereocenters. The first kappa shape index (κ1) is 12.8. The van der Waals surface area contributed by atoms with Crippen molar-refractivity contribution in [2.75, 3.05) is 24.3 Å². The molecule has 0 saturated heterocycles. The van der Waals surface area contributed by atoms with E-state index in [-0.39, 0.29) is 5.91 Å². The van der Waals surface area contributed by atoms with E-state index in [2.05, 4.69) is 5.32 Å². The monoisotopic (exact) mass is 240 g/mol. The Hall–Kier alpha value is -1.22. The van der Waals surface area contributed by atoms with Crippen LogP contribution in [0, 0.1) is 6.92 Å². The maximum absolute atomic E-state index is 11.4. The number of halogens is 1. The van der Waals surface area contributed by atoms with Crippen LogP contribution in [0.4, 0.5) is 11.4 Å². The van der Waals surface area contributed by atoms with E-state index in [1.165, 1.54) is 5.56 Å². The summed E-state index contributed by atoms with van der Waals surface area (Å²) in [5, 5.41) is 2.24. The second kappa shape index (κ2) is 5.21. The van der Waals surface area contributed by atoms with Crippen molar-refractivity contribution in [3.63, 3.8) is 0 Å². The summed E-state index contributed by atoms with van der Waals surface area (Å²) in [6.45, 7) is 3.68. The number of nitrogens with one attached hydrogen (secondary N) is 1. The molecular weight excluding hydrogens is 224 g/mol. The molecule has 0 aromatic heterocycles. The molecule has 0 fully saturated rings. The molecular formula is C12H17ClN2O. The number of carbonyl (C=O) groups excluding carboxylic acids is 1. The molecule has 1 unspecified atom stereocenters. The lowest BCUT2D eigenvalue weighted by Gasteiger charge is -2.17. The van der Waals surface area contributed by atoms with Gasteiger partial charge in [-0.3, -0.25) is 4.79 Å². The van der Waals surface area contributed by atoms with Gasteiger partial charge in [0, 0.05) is 25.5 Å². The molecule has 3 nitrogen and oxygen atoms in total. The van der Waals surface area contributed by atoms with E-state index in [4.69, 9.17) is 11.6 Å². The van der Waals surface area contributed by atoms with Crippen molar-refractivity contribution in [1.29, 1.82) is 0 Å². The summed E-state index contributed by atoms with van der Waals surface area (Å²) in [4.78, 5) is 13.4. The molecule has 0 aliphatic carbocycles. The van der Waals surface area contributed by atoms with Crippen LogP contribution in [0.1, 0.15) is 12.5 Å². The zero-order valence-electron chi connectivity index (χ0n) is 10.0. The van der Waals surface area contributed by atoms with Crippen LogP contribution in [-0.4, -0.2) is 25.4 Å². The van der Waals surface area contributed by atoms with Crippen LogP contribution in [0.25, 0.3) is 0 Å². The normalized spacial score (nSPS) is 12.1. The fourth-order valence-corrected chi connectivity index (χ4v) is 1.47. The van der Waals surface area contributed by atoms with Gasteiger partial charge in [-0.05, 0) is 31.5 Å². The summed E-state index contributed by atoms with van der Waals surface area (Å²) >= 11 is 5.69. The fourth-order valence-electron chi connectivity index (χ4n) is 1.41. The third-order valence-corrected chi connectivity index (χ3v) is 2.52. The molecule has 1 rings (SSSR count). The van der Waals surface area contributed by atoms with Crippen LogP contribution >= 0.6 is 11.6 Å². The Labute approximate surface area is 101 Å². The second-order valence-electron chi connectivity index (χ2n) is 4.00. The zero-order chi connectivity index (χ0) is 12.3. The lowest BCUT2D eigenvalue weighted by atomic mass is 10.1. The molecule has 88 valence electrons. The van der Waals surface area contributed by atoms with Crippen molar-refractivity contribution in [2.24, 2.45) is 0 Å². The molecule has 0 saturated carbocycles. The van der Waals surface area contributed by atoms with Crippen molar-refractivity contribution in [1.82, 2.24) is 0 Å². The van der Waals surface area contributed by atoms with Gasteiger partial charge >= 0.3 is 0 Å². The molecule has 16 heavy (non-hydrogen) atoms. The number of aryl methyl sites for hydroxylation is 1. The van der Waals surface area contributed by atoms with Crippen LogP contribution in [0.3, 0.4) is 0 Å². The van der Waals surface area contributed by atoms with E-state index in [9.17, 15) is 4.79 Å². The zero-order valence-corrected chi connectivity index (χ0v) is 10.8. The Morgan fingerprint density at radius 2 is 2.06 bits per heavy atom. The number of benzene rings is 1. The summed E-state index contributed by atoms with van der Waals surface area (Å²) in [6.07, 6.45) is 0. The van der Waals surface area contributed by atoms with Gasteiger partial charge in [0.25, 0.3) is 0 Å². The number of hydrogen-bond acceptors (Lipinski definition) is 2. The Kier molecular flexibility index (Phi) is 4.19. The first-order valence-electron chi connectivity index (χ1n) is 5.14. The van der Waals surface area contributed by atoms with Gasteiger partial charge in [0.05, 0.1) is 0 Å². The van der Waals surface area contributed by atoms with E-state index in [0.29, 0.717) is 0 Å². The number of hydrogen-bond donors (Lipinski definition) is 1. The summed E-state index contributed by atoms with van der Waals surface area (Å²) in [7, 11) is 3.94. The Morgan fingerprint density at radius 1 is 1.44 bits per heavy atom. The Bertz CT molecular complexity index is 389. The van der Waals surface area contributed by atoms with Gasteiger partial charge < -0.3 is 10.2 Å². The Balaban J connectivity index is 2.91. The summed E-state index contributed by atoms with van der Waals surface area (Å²) < 4.78 is 0. The first-order chi connectivity index (χ1) is 7.41. The van der Waals surface area contributed by atoms with Gasteiger partial charge in [0.15, 0.2) is 0 Å². The highest BCUT2D eigenvalue weighted by Gasteiger charge is 2.10. The molecule has 1 aromatic carbocycles. The number of anilines is 2. The summed E-state index contributed by atoms with van der Waals surface area (Å²) in [6, 6.07) is 5.79. The molecule has 0 bridgehead atoms. The lowest BCUT2D eigenvalue weighted by Crippen LogP contribution is -2.20. The molecule has 4 heteroatoms. The fraction of sp³-hybridized carbons (Fsp3) is 0.417. The number of rotatable bonds is 3. The number of carbonyl (C=O) groups is 1. The van der Waals surface area contributed by atoms with Crippen molar-refractivity contribution >= 4 is 28.9 Å². The summed E-state index contributed by atoms with van der Waals surface area (Å²) in [5.41, 5.74) is 3.02.